The SMILES string of the molecule is Cc1cc(C)c2cccc(OCc3c(Cl)ccc(S(=O)(=O)N4CCCC4C(=O)N(C)Cc4ccc(C(=N)N)cc4)c3Cl)c2n1. The lowest BCUT2D eigenvalue weighted by Crippen LogP contribution is -2.46. The molecule has 1 aromatic heterocycles. The van der Waals surface area contributed by atoms with E-state index < -0.39 is 16.1 Å². The van der Waals surface area contributed by atoms with Gasteiger partial charge >= 0.3 is 0 Å². The van der Waals surface area contributed by atoms with Crippen molar-refractivity contribution in [2.45, 2.75) is 50.8 Å². The molecule has 44 heavy (non-hydrogen) atoms. The zero-order valence-corrected chi connectivity index (χ0v) is 26.9. The van der Waals surface area contributed by atoms with E-state index >= 15 is 0 Å². The molecule has 3 N–H and O–H groups in total. The molecule has 9 nitrogen and oxygen atoms in total. The van der Waals surface area contributed by atoms with Crippen LogP contribution in [-0.2, 0) is 28.0 Å². The summed E-state index contributed by atoms with van der Waals surface area (Å²) in [6.07, 6.45) is 0.921. The number of benzene rings is 3. The fraction of sp³-hybridized carbons (Fsp3) is 0.281. The molecule has 1 aliphatic rings. The van der Waals surface area contributed by atoms with Crippen LogP contribution < -0.4 is 10.5 Å². The number of carbonyl (C=O) groups excluding carboxylic acids is 1. The second kappa shape index (κ2) is 12.7. The topological polar surface area (TPSA) is 130 Å². The van der Waals surface area contributed by atoms with Gasteiger partial charge in [0, 0.05) is 47.4 Å². The van der Waals surface area contributed by atoms with Crippen molar-refractivity contribution in [3.8, 4) is 5.75 Å². The van der Waals surface area contributed by atoms with Gasteiger partial charge < -0.3 is 15.4 Å². The van der Waals surface area contributed by atoms with Crippen molar-refractivity contribution in [3.63, 3.8) is 0 Å². The highest BCUT2D eigenvalue weighted by Crippen LogP contribution is 2.37. The van der Waals surface area contributed by atoms with E-state index in [0.29, 0.717) is 35.2 Å². The number of amides is 1. The zero-order chi connectivity index (χ0) is 31.8. The number of likely N-dealkylation sites (N-methyl/N-ethyl adjacent to an activating group) is 1. The van der Waals surface area contributed by atoms with Crippen molar-refractivity contribution in [3.05, 3.63) is 98.7 Å². The average molecular weight is 655 g/mol. The maximum Gasteiger partial charge on any atom is 0.245 e. The lowest BCUT2D eigenvalue weighted by atomic mass is 10.1. The molecule has 1 saturated heterocycles. The third-order valence-electron chi connectivity index (χ3n) is 7.80. The summed E-state index contributed by atoms with van der Waals surface area (Å²) in [6, 6.07) is 16.6. The van der Waals surface area contributed by atoms with Gasteiger partial charge in [-0.1, -0.05) is 59.6 Å². The smallest absolute Gasteiger partial charge is 0.245 e. The Bertz CT molecular complexity index is 1870. The number of para-hydroxylation sites is 1. The first-order valence-electron chi connectivity index (χ1n) is 14.0. The van der Waals surface area contributed by atoms with Crippen LogP contribution in [0.15, 0.2) is 65.6 Å². The quantitative estimate of drug-likeness (QED) is 0.173. The first-order chi connectivity index (χ1) is 20.9. The van der Waals surface area contributed by atoms with Crippen LogP contribution in [0.2, 0.25) is 10.0 Å². The van der Waals surface area contributed by atoms with Gasteiger partial charge in [-0.05, 0) is 62.1 Å². The molecule has 2 heterocycles. The molecule has 0 bridgehead atoms. The molecule has 1 atom stereocenters. The molecule has 0 spiro atoms. The number of sulfonamides is 1. The second-order valence-corrected chi connectivity index (χ2v) is 13.6. The van der Waals surface area contributed by atoms with Crippen molar-refractivity contribution in [1.82, 2.24) is 14.2 Å². The number of nitrogens with one attached hydrogen (secondary N) is 1. The predicted octanol–water partition coefficient (Wildman–Crippen LogP) is 5.83. The van der Waals surface area contributed by atoms with Crippen molar-refractivity contribution in [2.24, 2.45) is 5.73 Å². The standard InChI is InChI=1S/C32H33Cl2N5O4S/c1-19-16-20(2)37-30-23(19)6-4-8-27(30)43-18-24-25(33)13-14-28(29(24)34)44(41,42)39-15-5-7-26(39)32(40)38(3)17-21-9-11-22(12-10-21)31(35)36/h4,6,8-14,16,26H,5,7,15,17-18H2,1-3H3,(H3,35,36). The number of nitrogens with zero attached hydrogens (tertiary/aromatic N) is 3. The number of halogens is 2. The number of pyridine rings is 1. The number of amidine groups is 1. The highest BCUT2D eigenvalue weighted by molar-refractivity contribution is 7.89. The molecule has 12 heteroatoms. The molecular weight excluding hydrogens is 621 g/mol. The molecule has 1 unspecified atom stereocenters. The summed E-state index contributed by atoms with van der Waals surface area (Å²) in [7, 11) is -2.52. The fourth-order valence-corrected chi connectivity index (χ4v) is 8.04. The summed E-state index contributed by atoms with van der Waals surface area (Å²) in [5.74, 6) is 0.169. The van der Waals surface area contributed by atoms with Crippen LogP contribution >= 0.6 is 23.2 Å². The van der Waals surface area contributed by atoms with Crippen molar-refractivity contribution in [2.75, 3.05) is 13.6 Å². The molecule has 1 aliphatic heterocycles. The second-order valence-electron chi connectivity index (χ2n) is 10.9. The van der Waals surface area contributed by atoms with Crippen molar-refractivity contribution in [1.29, 1.82) is 5.41 Å². The number of aryl methyl sites for hydroxylation is 2. The summed E-state index contributed by atoms with van der Waals surface area (Å²) >= 11 is 13.2. The van der Waals surface area contributed by atoms with Gasteiger partial charge in [0.25, 0.3) is 0 Å². The van der Waals surface area contributed by atoms with Crippen LogP contribution in [0.5, 0.6) is 5.75 Å². The molecular formula is C32H33Cl2N5O4S. The number of nitrogen functional groups attached to an aromatic ring is 1. The number of nitrogens with two attached hydrogens (primary N) is 1. The summed E-state index contributed by atoms with van der Waals surface area (Å²) in [6.45, 7) is 4.29. The highest BCUT2D eigenvalue weighted by atomic mass is 35.5. The normalized spacial score (nSPS) is 15.4. The summed E-state index contributed by atoms with van der Waals surface area (Å²) in [4.78, 5) is 19.5. The molecule has 5 rings (SSSR count). The molecule has 3 aromatic carbocycles. The van der Waals surface area contributed by atoms with Gasteiger partial charge in [0.15, 0.2) is 0 Å². The first-order valence-corrected chi connectivity index (χ1v) is 16.2. The molecule has 0 radical (unpaired) electrons. The average Bonchev–Trinajstić information content (AvgIpc) is 3.48. The minimum absolute atomic E-state index is 0.0425. The number of hydrogen-bond donors (Lipinski definition) is 2. The van der Waals surface area contributed by atoms with Crippen LogP contribution in [0.3, 0.4) is 0 Å². The zero-order valence-electron chi connectivity index (χ0n) is 24.6. The minimum Gasteiger partial charge on any atom is -0.487 e. The molecule has 1 amide bonds. The number of hydrogen-bond acceptors (Lipinski definition) is 6. The van der Waals surface area contributed by atoms with Crippen LogP contribution in [0.1, 0.15) is 40.8 Å². The van der Waals surface area contributed by atoms with Gasteiger partial charge in [-0.25, -0.2) is 13.4 Å². The van der Waals surface area contributed by atoms with Crippen molar-refractivity contribution >= 4 is 55.9 Å². The monoisotopic (exact) mass is 653 g/mol. The van der Waals surface area contributed by atoms with E-state index in [1.165, 1.54) is 21.3 Å². The Morgan fingerprint density at radius 1 is 1.14 bits per heavy atom. The number of fused-ring (bicyclic) bond motifs is 1. The van der Waals surface area contributed by atoms with Crippen LogP contribution in [-0.4, -0.2) is 54.0 Å². The fourth-order valence-electron chi connectivity index (χ4n) is 5.53. The summed E-state index contributed by atoms with van der Waals surface area (Å²) in [5, 5.41) is 8.72. The van der Waals surface area contributed by atoms with E-state index in [-0.39, 0.29) is 46.4 Å². The molecule has 4 aromatic rings. The van der Waals surface area contributed by atoms with Gasteiger partial charge in [0.05, 0.1) is 5.02 Å². The Labute approximate surface area is 267 Å². The predicted molar refractivity (Wildman–Crippen MR) is 173 cm³/mol. The van der Waals surface area contributed by atoms with E-state index in [4.69, 9.17) is 39.1 Å². The van der Waals surface area contributed by atoms with Crippen LogP contribution in [0.25, 0.3) is 10.9 Å². The van der Waals surface area contributed by atoms with Crippen LogP contribution in [0.4, 0.5) is 0 Å². The molecule has 0 aliphatic carbocycles. The Morgan fingerprint density at radius 2 is 1.86 bits per heavy atom. The largest absolute Gasteiger partial charge is 0.487 e. The van der Waals surface area contributed by atoms with Gasteiger partial charge in [-0.15, -0.1) is 0 Å². The van der Waals surface area contributed by atoms with E-state index in [1.54, 1.807) is 37.4 Å². The molecule has 0 saturated carbocycles. The third-order valence-corrected chi connectivity index (χ3v) is 10.6. The van der Waals surface area contributed by atoms with Gasteiger partial charge in [-0.2, -0.15) is 4.31 Å². The highest BCUT2D eigenvalue weighted by Gasteiger charge is 2.41. The Hall–Kier alpha value is -3.70. The van der Waals surface area contributed by atoms with Gasteiger partial charge in [-0.3, -0.25) is 10.2 Å². The van der Waals surface area contributed by atoms with Gasteiger partial charge in [0.2, 0.25) is 15.9 Å². The maximum atomic E-state index is 14.0. The molecule has 1 fully saturated rings. The first kappa shape index (κ1) is 31.7. The molecule has 230 valence electrons. The number of carbonyl (C=O) groups is 1. The lowest BCUT2D eigenvalue weighted by molar-refractivity contribution is -0.133. The lowest BCUT2D eigenvalue weighted by Gasteiger charge is -2.28. The van der Waals surface area contributed by atoms with Crippen molar-refractivity contribution < 1.29 is 17.9 Å². The van der Waals surface area contributed by atoms with Crippen LogP contribution in [0, 0.1) is 19.3 Å². The maximum absolute atomic E-state index is 14.0. The Kier molecular flexibility index (Phi) is 9.17. The van der Waals surface area contributed by atoms with Gasteiger partial charge in [0.1, 0.15) is 34.6 Å². The number of aromatic nitrogens is 1. The number of rotatable bonds is 9. The van der Waals surface area contributed by atoms with E-state index in [1.807, 2.05) is 32.0 Å². The number of ether oxygens (including phenoxy) is 1. The van der Waals surface area contributed by atoms with E-state index in [9.17, 15) is 13.2 Å². The Balaban J connectivity index is 1.37. The summed E-state index contributed by atoms with van der Waals surface area (Å²) < 4.78 is 35.3. The third kappa shape index (κ3) is 6.25. The summed E-state index contributed by atoms with van der Waals surface area (Å²) in [5.41, 5.74) is 9.87. The van der Waals surface area contributed by atoms with E-state index in [0.717, 1.165) is 22.2 Å². The van der Waals surface area contributed by atoms with E-state index in [2.05, 4.69) is 4.98 Å². The minimum atomic E-state index is -4.16. The Morgan fingerprint density at radius 3 is 2.57 bits per heavy atom.